The van der Waals surface area contributed by atoms with E-state index < -0.39 is 0 Å². The molecule has 2 aliphatic heterocycles. The van der Waals surface area contributed by atoms with Crippen LogP contribution < -0.4 is 4.90 Å². The Morgan fingerprint density at radius 2 is 1.84 bits per heavy atom. The molecule has 9 heteroatoms. The molecule has 5 heterocycles. The summed E-state index contributed by atoms with van der Waals surface area (Å²) >= 11 is 0. The molecule has 0 bridgehead atoms. The van der Waals surface area contributed by atoms with E-state index in [1.807, 2.05) is 27.5 Å². The number of aryl methyl sites for hydroxylation is 1. The van der Waals surface area contributed by atoms with Gasteiger partial charge in [0.15, 0.2) is 11.5 Å². The molecule has 1 aromatic carbocycles. The standard InChI is InChI=1S/C29H34N8O/c1-20-6-5-7-22(16-20)24-9-11-36(32-24)27-19-29(35-12-14-38-15-13-35)37-28(31-27)18-26(33-37)25-17-21(2)23(30-25)8-10-34(3)4/h5-7,9,11,16-19,23H,8,10,12-15H2,1-4H3. The SMILES string of the molecule is CC1=CC(c2cc3nc(-n4ccc(-c5cccc(C)c5)n4)cc(N4CCOCC4)n3n2)=NC1CCN(C)C. The number of anilines is 1. The normalized spacial score (nSPS) is 17.9. The summed E-state index contributed by atoms with van der Waals surface area (Å²) in [4.78, 5) is 14.5. The molecule has 1 saturated heterocycles. The van der Waals surface area contributed by atoms with Gasteiger partial charge in [0.25, 0.3) is 0 Å². The first kappa shape index (κ1) is 24.5. The lowest BCUT2D eigenvalue weighted by molar-refractivity contribution is 0.122. The van der Waals surface area contributed by atoms with Gasteiger partial charge in [-0.3, -0.25) is 4.99 Å². The summed E-state index contributed by atoms with van der Waals surface area (Å²) < 4.78 is 9.41. The molecule has 196 valence electrons. The van der Waals surface area contributed by atoms with Gasteiger partial charge in [0.2, 0.25) is 0 Å². The zero-order valence-electron chi connectivity index (χ0n) is 22.5. The second-order valence-corrected chi connectivity index (χ2v) is 10.4. The first-order chi connectivity index (χ1) is 18.4. The maximum absolute atomic E-state index is 5.63. The number of morpholine rings is 1. The Morgan fingerprint density at radius 1 is 1.00 bits per heavy atom. The van der Waals surface area contributed by atoms with E-state index in [-0.39, 0.29) is 6.04 Å². The minimum atomic E-state index is 0.198. The number of allylic oxidation sites excluding steroid dienone is 1. The van der Waals surface area contributed by atoms with E-state index in [1.165, 1.54) is 11.1 Å². The third-order valence-electron chi connectivity index (χ3n) is 7.16. The minimum Gasteiger partial charge on any atom is -0.378 e. The van der Waals surface area contributed by atoms with Crippen LogP contribution in [0.1, 0.15) is 24.6 Å². The molecule has 0 aliphatic carbocycles. The van der Waals surface area contributed by atoms with Crippen LogP contribution in [0.25, 0.3) is 22.7 Å². The van der Waals surface area contributed by atoms with Gasteiger partial charge in [-0.25, -0.2) is 9.67 Å². The minimum absolute atomic E-state index is 0.198. The number of aromatic nitrogens is 5. The highest BCUT2D eigenvalue weighted by molar-refractivity contribution is 6.10. The molecule has 4 aromatic rings. The molecule has 0 saturated carbocycles. The molecular weight excluding hydrogens is 476 g/mol. The van der Waals surface area contributed by atoms with Crippen molar-refractivity contribution in [2.45, 2.75) is 26.3 Å². The quantitative estimate of drug-likeness (QED) is 0.377. The van der Waals surface area contributed by atoms with Gasteiger partial charge in [-0.05, 0) is 64.7 Å². The van der Waals surface area contributed by atoms with Crippen molar-refractivity contribution in [2.24, 2.45) is 4.99 Å². The fourth-order valence-corrected chi connectivity index (χ4v) is 5.05. The van der Waals surface area contributed by atoms with Crippen molar-refractivity contribution < 1.29 is 4.74 Å². The molecule has 6 rings (SSSR count). The fraction of sp³-hybridized carbons (Fsp3) is 0.379. The smallest absolute Gasteiger partial charge is 0.160 e. The van der Waals surface area contributed by atoms with E-state index in [1.54, 1.807) is 0 Å². The molecule has 0 radical (unpaired) electrons. The lowest BCUT2D eigenvalue weighted by atomic mass is 10.1. The van der Waals surface area contributed by atoms with Crippen LogP contribution in [0.4, 0.5) is 5.82 Å². The Balaban J connectivity index is 1.39. The molecule has 0 spiro atoms. The Hall–Kier alpha value is -3.82. The third-order valence-corrected chi connectivity index (χ3v) is 7.16. The van der Waals surface area contributed by atoms with Crippen LogP contribution in [0.15, 0.2) is 65.3 Å². The van der Waals surface area contributed by atoms with Crippen molar-refractivity contribution in [1.29, 1.82) is 0 Å². The molecule has 1 atom stereocenters. The first-order valence-corrected chi connectivity index (χ1v) is 13.2. The number of rotatable bonds is 7. The third kappa shape index (κ3) is 4.87. The van der Waals surface area contributed by atoms with Crippen molar-refractivity contribution in [1.82, 2.24) is 29.3 Å². The van der Waals surface area contributed by atoms with Crippen LogP contribution in [-0.2, 0) is 4.74 Å². The maximum atomic E-state index is 5.63. The second kappa shape index (κ2) is 10.2. The summed E-state index contributed by atoms with van der Waals surface area (Å²) in [6.07, 6.45) is 5.13. The number of nitrogens with zero attached hydrogens (tertiary/aromatic N) is 8. The van der Waals surface area contributed by atoms with Crippen LogP contribution in [-0.4, -0.2) is 88.0 Å². The van der Waals surface area contributed by atoms with E-state index in [2.05, 4.69) is 74.2 Å². The molecular formula is C29H34N8O. The van der Waals surface area contributed by atoms with Gasteiger partial charge in [0.05, 0.1) is 30.7 Å². The second-order valence-electron chi connectivity index (χ2n) is 10.4. The van der Waals surface area contributed by atoms with Crippen molar-refractivity contribution in [3.05, 3.63) is 71.6 Å². The van der Waals surface area contributed by atoms with E-state index >= 15 is 0 Å². The summed E-state index contributed by atoms with van der Waals surface area (Å²) in [7, 11) is 4.20. The van der Waals surface area contributed by atoms with Crippen molar-refractivity contribution >= 4 is 17.2 Å². The molecule has 3 aromatic heterocycles. The maximum Gasteiger partial charge on any atom is 0.160 e. The molecule has 2 aliphatic rings. The van der Waals surface area contributed by atoms with Gasteiger partial charge >= 0.3 is 0 Å². The molecule has 9 nitrogen and oxygen atoms in total. The number of hydrogen-bond donors (Lipinski definition) is 0. The highest BCUT2D eigenvalue weighted by Crippen LogP contribution is 2.26. The van der Waals surface area contributed by atoms with E-state index in [9.17, 15) is 0 Å². The Bertz CT molecular complexity index is 1520. The highest BCUT2D eigenvalue weighted by Gasteiger charge is 2.23. The zero-order chi connectivity index (χ0) is 26.2. The van der Waals surface area contributed by atoms with Crippen molar-refractivity contribution in [2.75, 3.05) is 51.8 Å². The predicted octanol–water partition coefficient (Wildman–Crippen LogP) is 3.80. The summed E-state index contributed by atoms with van der Waals surface area (Å²) in [5.74, 6) is 1.74. The molecule has 38 heavy (non-hydrogen) atoms. The van der Waals surface area contributed by atoms with Crippen LogP contribution in [0, 0.1) is 6.92 Å². The lowest BCUT2D eigenvalue weighted by Gasteiger charge is -2.29. The van der Waals surface area contributed by atoms with E-state index in [0.717, 1.165) is 66.0 Å². The Labute approximate surface area is 223 Å². The topological polar surface area (TPSA) is 76.1 Å². The van der Waals surface area contributed by atoms with Gasteiger partial charge < -0.3 is 14.5 Å². The summed E-state index contributed by atoms with van der Waals surface area (Å²) in [5.41, 5.74) is 7.04. The van der Waals surface area contributed by atoms with Crippen molar-refractivity contribution in [3.63, 3.8) is 0 Å². The first-order valence-electron chi connectivity index (χ1n) is 13.2. The zero-order valence-corrected chi connectivity index (χ0v) is 22.5. The number of hydrogen-bond acceptors (Lipinski definition) is 7. The van der Waals surface area contributed by atoms with Crippen LogP contribution in [0.3, 0.4) is 0 Å². The van der Waals surface area contributed by atoms with E-state index in [4.69, 9.17) is 24.9 Å². The van der Waals surface area contributed by atoms with Crippen LogP contribution in [0.5, 0.6) is 0 Å². The summed E-state index contributed by atoms with van der Waals surface area (Å²) in [6.45, 7) is 8.23. The number of benzene rings is 1. The van der Waals surface area contributed by atoms with Gasteiger partial charge in [0.1, 0.15) is 11.5 Å². The van der Waals surface area contributed by atoms with Crippen LogP contribution in [0.2, 0.25) is 0 Å². The Morgan fingerprint density at radius 3 is 2.63 bits per heavy atom. The largest absolute Gasteiger partial charge is 0.378 e. The average molecular weight is 511 g/mol. The summed E-state index contributed by atoms with van der Waals surface area (Å²) in [6, 6.07) is 14.7. The highest BCUT2D eigenvalue weighted by atomic mass is 16.5. The van der Waals surface area contributed by atoms with Crippen molar-refractivity contribution in [3.8, 4) is 17.1 Å². The summed E-state index contributed by atoms with van der Waals surface area (Å²) in [5, 5.41) is 9.86. The Kier molecular flexibility index (Phi) is 6.55. The van der Waals surface area contributed by atoms with Gasteiger partial charge in [-0.15, -0.1) is 0 Å². The van der Waals surface area contributed by atoms with Gasteiger partial charge in [0, 0.05) is 37.0 Å². The van der Waals surface area contributed by atoms with E-state index in [0.29, 0.717) is 13.2 Å². The van der Waals surface area contributed by atoms with Crippen LogP contribution >= 0.6 is 0 Å². The van der Waals surface area contributed by atoms with Gasteiger partial charge in [-0.1, -0.05) is 23.8 Å². The van der Waals surface area contributed by atoms with Gasteiger partial charge in [-0.2, -0.15) is 14.7 Å². The average Bonchev–Trinajstić information content (AvgIpc) is 3.65. The number of fused-ring (bicyclic) bond motifs is 1. The number of ether oxygens (including phenoxy) is 1. The predicted molar refractivity (Wildman–Crippen MR) is 151 cm³/mol. The lowest BCUT2D eigenvalue weighted by Crippen LogP contribution is -2.37. The molecule has 0 N–H and O–H groups in total. The monoisotopic (exact) mass is 510 g/mol. The fourth-order valence-electron chi connectivity index (χ4n) is 5.05. The molecule has 1 fully saturated rings. The number of aliphatic imine (C=N–C) groups is 1. The molecule has 1 unspecified atom stereocenters. The molecule has 0 amide bonds.